The molecule has 0 radical (unpaired) electrons. The summed E-state index contributed by atoms with van der Waals surface area (Å²) in [5, 5.41) is 0. The van der Waals surface area contributed by atoms with Crippen LogP contribution in [0.1, 0.15) is 42.5 Å². The van der Waals surface area contributed by atoms with Crippen LogP contribution in [0.3, 0.4) is 0 Å². The van der Waals surface area contributed by atoms with E-state index in [4.69, 9.17) is 10.6 Å². The summed E-state index contributed by atoms with van der Waals surface area (Å²) < 4.78 is 43.1. The number of rotatable bonds is 7. The summed E-state index contributed by atoms with van der Waals surface area (Å²) in [4.78, 5) is 0. The van der Waals surface area contributed by atoms with Crippen LogP contribution in [0.15, 0.2) is 18.2 Å². The first kappa shape index (κ1) is 16.9. The molecule has 1 aromatic carbocycles. The van der Waals surface area contributed by atoms with Crippen molar-refractivity contribution in [2.75, 3.05) is 13.2 Å². The van der Waals surface area contributed by atoms with E-state index < -0.39 is 11.7 Å². The molecule has 6 heteroatoms. The lowest BCUT2D eigenvalue weighted by Gasteiger charge is -2.19. The molecule has 0 aliphatic heterocycles. The first-order chi connectivity index (χ1) is 9.40. The van der Waals surface area contributed by atoms with E-state index in [-0.39, 0.29) is 6.04 Å². The second-order valence-corrected chi connectivity index (χ2v) is 4.63. The van der Waals surface area contributed by atoms with Crippen molar-refractivity contribution >= 4 is 0 Å². The van der Waals surface area contributed by atoms with Gasteiger partial charge in [-0.25, -0.2) is 0 Å². The normalized spacial score (nSPS) is 13.5. The molecule has 0 saturated carbocycles. The van der Waals surface area contributed by atoms with Crippen LogP contribution >= 0.6 is 0 Å². The van der Waals surface area contributed by atoms with Gasteiger partial charge in [0.2, 0.25) is 0 Å². The third kappa shape index (κ3) is 4.77. The van der Waals surface area contributed by atoms with Gasteiger partial charge < -0.3 is 4.74 Å². The van der Waals surface area contributed by atoms with Crippen molar-refractivity contribution in [2.45, 2.75) is 38.9 Å². The van der Waals surface area contributed by atoms with Crippen molar-refractivity contribution < 1.29 is 17.9 Å². The van der Waals surface area contributed by atoms with E-state index in [1.807, 2.05) is 6.92 Å². The first-order valence-corrected chi connectivity index (χ1v) is 6.61. The molecule has 1 aromatic rings. The quantitative estimate of drug-likeness (QED) is 0.460. The highest BCUT2D eigenvalue weighted by atomic mass is 19.4. The van der Waals surface area contributed by atoms with Crippen LogP contribution in [-0.2, 0) is 10.9 Å². The molecule has 0 heterocycles. The monoisotopic (exact) mass is 290 g/mol. The summed E-state index contributed by atoms with van der Waals surface area (Å²) in [6.45, 7) is 4.85. The van der Waals surface area contributed by atoms with Gasteiger partial charge in [-0.3, -0.25) is 11.3 Å². The lowest BCUT2D eigenvalue weighted by molar-refractivity contribution is -0.137. The smallest absolute Gasteiger partial charge is 0.382 e. The zero-order chi connectivity index (χ0) is 15.2. The molecule has 1 unspecified atom stereocenters. The van der Waals surface area contributed by atoms with Crippen molar-refractivity contribution in [3.05, 3.63) is 34.9 Å². The Morgan fingerprint density at radius 3 is 2.55 bits per heavy atom. The number of hydrazine groups is 1. The molecule has 0 spiro atoms. The Bertz CT molecular complexity index is 421. The maximum absolute atomic E-state index is 12.6. The van der Waals surface area contributed by atoms with E-state index in [0.29, 0.717) is 25.2 Å². The predicted octanol–water partition coefficient (Wildman–Crippen LogP) is 3.33. The second kappa shape index (κ2) is 7.61. The zero-order valence-corrected chi connectivity index (χ0v) is 11.8. The van der Waals surface area contributed by atoms with E-state index in [2.05, 4.69) is 5.43 Å². The maximum Gasteiger partial charge on any atom is 0.416 e. The average Bonchev–Trinajstić information content (AvgIpc) is 2.38. The third-order valence-corrected chi connectivity index (χ3v) is 3.16. The van der Waals surface area contributed by atoms with E-state index in [1.165, 1.54) is 6.07 Å². The molecule has 1 atom stereocenters. The predicted molar refractivity (Wildman–Crippen MR) is 72.0 cm³/mol. The number of nitrogens with two attached hydrogens (primary N) is 1. The number of ether oxygens (including phenoxy) is 1. The number of hydrogen-bond acceptors (Lipinski definition) is 3. The number of aryl methyl sites for hydroxylation is 1. The molecule has 3 N–H and O–H groups in total. The van der Waals surface area contributed by atoms with Crippen LogP contribution < -0.4 is 11.3 Å². The summed E-state index contributed by atoms with van der Waals surface area (Å²) in [6, 6.07) is 3.57. The Balaban J connectivity index is 2.78. The maximum atomic E-state index is 12.6. The fourth-order valence-corrected chi connectivity index (χ4v) is 2.11. The van der Waals surface area contributed by atoms with Crippen molar-refractivity contribution in [2.24, 2.45) is 5.84 Å². The van der Waals surface area contributed by atoms with Crippen molar-refractivity contribution in [1.29, 1.82) is 0 Å². The molecule has 1 rings (SSSR count). The molecule has 0 aliphatic rings. The van der Waals surface area contributed by atoms with Crippen LogP contribution in [0, 0.1) is 6.92 Å². The number of benzene rings is 1. The molecule has 0 aliphatic carbocycles. The Kier molecular flexibility index (Phi) is 6.45. The van der Waals surface area contributed by atoms with Gasteiger partial charge in [0.05, 0.1) is 5.56 Å². The molecule has 0 bridgehead atoms. The van der Waals surface area contributed by atoms with Gasteiger partial charge in [-0.15, -0.1) is 0 Å². The van der Waals surface area contributed by atoms with Gasteiger partial charge in [0.25, 0.3) is 0 Å². The van der Waals surface area contributed by atoms with E-state index in [1.54, 1.807) is 6.92 Å². The van der Waals surface area contributed by atoms with Crippen molar-refractivity contribution in [3.63, 3.8) is 0 Å². The Morgan fingerprint density at radius 2 is 2.05 bits per heavy atom. The van der Waals surface area contributed by atoms with Gasteiger partial charge in [0.15, 0.2) is 0 Å². The third-order valence-electron chi connectivity index (χ3n) is 3.16. The highest BCUT2D eigenvalue weighted by molar-refractivity contribution is 5.34. The molecule has 114 valence electrons. The van der Waals surface area contributed by atoms with Crippen LogP contribution in [0.2, 0.25) is 0 Å². The lowest BCUT2D eigenvalue weighted by atomic mass is 9.96. The molecule has 3 nitrogen and oxygen atoms in total. The number of alkyl halides is 3. The van der Waals surface area contributed by atoms with E-state index in [9.17, 15) is 13.2 Å². The summed E-state index contributed by atoms with van der Waals surface area (Å²) in [6.07, 6.45) is -2.81. The van der Waals surface area contributed by atoms with E-state index >= 15 is 0 Å². The highest BCUT2D eigenvalue weighted by Crippen LogP contribution is 2.32. The minimum Gasteiger partial charge on any atom is -0.382 e. The summed E-state index contributed by atoms with van der Waals surface area (Å²) >= 11 is 0. The lowest BCUT2D eigenvalue weighted by Crippen LogP contribution is -2.29. The number of nitrogens with one attached hydrogen (secondary N) is 1. The van der Waals surface area contributed by atoms with Crippen molar-refractivity contribution in [3.8, 4) is 0 Å². The SMILES string of the molecule is CCOCCCC(NN)c1ccc(C(F)(F)F)cc1C. The molecular weight excluding hydrogens is 269 g/mol. The van der Waals surface area contributed by atoms with Gasteiger partial charge in [-0.05, 0) is 49.9 Å². The molecule has 0 amide bonds. The molecule has 20 heavy (non-hydrogen) atoms. The summed E-state index contributed by atoms with van der Waals surface area (Å²) in [5.41, 5.74) is 3.39. The van der Waals surface area contributed by atoms with Crippen LogP contribution in [0.5, 0.6) is 0 Å². The summed E-state index contributed by atoms with van der Waals surface area (Å²) in [5.74, 6) is 5.50. The fourth-order valence-electron chi connectivity index (χ4n) is 2.11. The molecule has 0 fully saturated rings. The van der Waals surface area contributed by atoms with Gasteiger partial charge >= 0.3 is 6.18 Å². The minimum absolute atomic E-state index is 0.169. The largest absolute Gasteiger partial charge is 0.416 e. The second-order valence-electron chi connectivity index (χ2n) is 4.63. The average molecular weight is 290 g/mol. The zero-order valence-electron chi connectivity index (χ0n) is 11.8. The summed E-state index contributed by atoms with van der Waals surface area (Å²) in [7, 11) is 0. The standard InChI is InChI=1S/C14H21F3N2O/c1-3-20-8-4-5-13(19-18)12-7-6-11(9-10(12)2)14(15,16)17/h6-7,9,13,19H,3-5,8,18H2,1-2H3. The minimum atomic E-state index is -4.32. The van der Waals surface area contributed by atoms with Gasteiger partial charge in [-0.2, -0.15) is 13.2 Å². The Hall–Kier alpha value is -1.11. The number of halogens is 3. The van der Waals surface area contributed by atoms with Gasteiger partial charge in [-0.1, -0.05) is 6.07 Å². The fraction of sp³-hybridized carbons (Fsp3) is 0.571. The van der Waals surface area contributed by atoms with Gasteiger partial charge in [0, 0.05) is 19.3 Å². The molecular formula is C14H21F3N2O. The Labute approximate surface area is 117 Å². The number of hydrogen-bond donors (Lipinski definition) is 2. The molecule has 0 saturated heterocycles. The van der Waals surface area contributed by atoms with Crippen LogP contribution in [0.25, 0.3) is 0 Å². The molecule has 0 aromatic heterocycles. The first-order valence-electron chi connectivity index (χ1n) is 6.61. The van der Waals surface area contributed by atoms with Gasteiger partial charge in [0.1, 0.15) is 0 Å². The topological polar surface area (TPSA) is 47.3 Å². The Morgan fingerprint density at radius 1 is 1.35 bits per heavy atom. The van der Waals surface area contributed by atoms with Crippen molar-refractivity contribution in [1.82, 2.24) is 5.43 Å². The van der Waals surface area contributed by atoms with E-state index in [0.717, 1.165) is 24.1 Å². The van der Waals surface area contributed by atoms with Crippen LogP contribution in [-0.4, -0.2) is 13.2 Å². The highest BCUT2D eigenvalue weighted by Gasteiger charge is 2.31. The van der Waals surface area contributed by atoms with Crippen LogP contribution in [0.4, 0.5) is 13.2 Å².